The van der Waals surface area contributed by atoms with E-state index in [0.29, 0.717) is 6.61 Å². The van der Waals surface area contributed by atoms with Crippen LogP contribution >= 0.6 is 11.8 Å². The zero-order chi connectivity index (χ0) is 18.2. The molecule has 2 N–H and O–H groups in total. The molecule has 0 fully saturated rings. The topological polar surface area (TPSA) is 67.4 Å². The molecule has 6 heteroatoms. The molecule has 1 atom stereocenters. The van der Waals surface area contributed by atoms with Gasteiger partial charge in [-0.1, -0.05) is 18.2 Å². The van der Waals surface area contributed by atoms with Crippen LogP contribution in [0.2, 0.25) is 0 Å². The van der Waals surface area contributed by atoms with Gasteiger partial charge in [0.05, 0.1) is 11.9 Å². The molecule has 25 heavy (non-hydrogen) atoms. The quantitative estimate of drug-likeness (QED) is 0.737. The van der Waals surface area contributed by atoms with Gasteiger partial charge in [0.25, 0.3) is 0 Å². The normalized spacial score (nSPS) is 11.6. The fourth-order valence-corrected chi connectivity index (χ4v) is 3.10. The maximum absolute atomic E-state index is 12.5. The SMILES string of the molecule is COCc1ccccc1NC(=O)C(C)Sc1ccc(NC(C)=O)cc1. The molecule has 0 aliphatic carbocycles. The molecule has 5 nitrogen and oxygen atoms in total. The van der Waals surface area contributed by atoms with E-state index in [-0.39, 0.29) is 17.1 Å². The highest BCUT2D eigenvalue weighted by molar-refractivity contribution is 8.00. The van der Waals surface area contributed by atoms with Crippen molar-refractivity contribution in [2.75, 3.05) is 17.7 Å². The van der Waals surface area contributed by atoms with E-state index < -0.39 is 0 Å². The molecule has 0 aromatic heterocycles. The summed E-state index contributed by atoms with van der Waals surface area (Å²) in [5.41, 5.74) is 2.44. The van der Waals surface area contributed by atoms with Crippen LogP contribution in [0.4, 0.5) is 11.4 Å². The van der Waals surface area contributed by atoms with Crippen molar-refractivity contribution < 1.29 is 14.3 Å². The molecule has 0 aliphatic heterocycles. The van der Waals surface area contributed by atoms with Crippen molar-refractivity contribution in [2.45, 2.75) is 30.6 Å². The number of thioether (sulfide) groups is 1. The Morgan fingerprint density at radius 1 is 1.08 bits per heavy atom. The molecular formula is C19H22N2O3S. The first kappa shape index (κ1) is 19.0. The second-order valence-electron chi connectivity index (χ2n) is 5.55. The summed E-state index contributed by atoms with van der Waals surface area (Å²) in [4.78, 5) is 24.5. The van der Waals surface area contributed by atoms with Crippen molar-refractivity contribution in [3.63, 3.8) is 0 Å². The third-order valence-electron chi connectivity index (χ3n) is 3.43. The first-order chi connectivity index (χ1) is 12.0. The maximum Gasteiger partial charge on any atom is 0.237 e. The standard InChI is InChI=1S/C19H22N2O3S/c1-13(25-17-10-8-16(9-11-17)20-14(2)22)19(23)21-18-7-5-4-6-15(18)12-24-3/h4-11,13H,12H2,1-3H3,(H,20,22)(H,21,23). The Morgan fingerprint density at radius 2 is 1.76 bits per heavy atom. The van der Waals surface area contributed by atoms with Gasteiger partial charge in [-0.3, -0.25) is 9.59 Å². The molecule has 0 spiro atoms. The largest absolute Gasteiger partial charge is 0.380 e. The predicted octanol–water partition coefficient (Wildman–Crippen LogP) is 3.91. The third-order valence-corrected chi connectivity index (χ3v) is 4.54. The summed E-state index contributed by atoms with van der Waals surface area (Å²) < 4.78 is 5.16. The summed E-state index contributed by atoms with van der Waals surface area (Å²) in [6.45, 7) is 3.78. The highest BCUT2D eigenvalue weighted by Gasteiger charge is 2.16. The molecule has 132 valence electrons. The Bertz CT molecular complexity index is 732. The summed E-state index contributed by atoms with van der Waals surface area (Å²) >= 11 is 1.46. The molecular weight excluding hydrogens is 336 g/mol. The first-order valence-electron chi connectivity index (χ1n) is 7.91. The molecule has 2 amide bonds. The number of amides is 2. The molecule has 0 radical (unpaired) electrons. The minimum absolute atomic E-state index is 0.0699. The van der Waals surface area contributed by atoms with Gasteiger partial charge < -0.3 is 15.4 Å². The summed E-state index contributed by atoms with van der Waals surface area (Å²) in [5, 5.41) is 5.41. The minimum atomic E-state index is -0.262. The maximum atomic E-state index is 12.5. The lowest BCUT2D eigenvalue weighted by Crippen LogP contribution is -2.23. The zero-order valence-corrected chi connectivity index (χ0v) is 15.4. The van der Waals surface area contributed by atoms with Crippen LogP contribution in [0.25, 0.3) is 0 Å². The molecule has 0 bridgehead atoms. The van der Waals surface area contributed by atoms with Crippen molar-refractivity contribution in [3.05, 3.63) is 54.1 Å². The van der Waals surface area contributed by atoms with Crippen LogP contribution in [0.1, 0.15) is 19.4 Å². The number of nitrogens with one attached hydrogen (secondary N) is 2. The van der Waals surface area contributed by atoms with Gasteiger partial charge >= 0.3 is 0 Å². The Labute approximate surface area is 152 Å². The van der Waals surface area contributed by atoms with Gasteiger partial charge in [0.1, 0.15) is 0 Å². The number of benzene rings is 2. The lowest BCUT2D eigenvalue weighted by molar-refractivity contribution is -0.115. The highest BCUT2D eigenvalue weighted by atomic mass is 32.2. The molecule has 2 aromatic rings. The fraction of sp³-hybridized carbons (Fsp3) is 0.263. The Kier molecular flexibility index (Phi) is 7.03. The minimum Gasteiger partial charge on any atom is -0.380 e. The van der Waals surface area contributed by atoms with Crippen LogP contribution in [0.3, 0.4) is 0 Å². The van der Waals surface area contributed by atoms with Gasteiger partial charge in [-0.25, -0.2) is 0 Å². The molecule has 0 heterocycles. The van der Waals surface area contributed by atoms with E-state index in [1.54, 1.807) is 7.11 Å². The molecule has 0 saturated heterocycles. The third kappa shape index (κ3) is 5.92. The van der Waals surface area contributed by atoms with Gasteiger partial charge in [-0.15, -0.1) is 11.8 Å². The zero-order valence-electron chi connectivity index (χ0n) is 14.5. The number of para-hydroxylation sites is 1. The summed E-state index contributed by atoms with van der Waals surface area (Å²) in [6, 6.07) is 15.0. The van der Waals surface area contributed by atoms with E-state index >= 15 is 0 Å². The average molecular weight is 358 g/mol. The number of rotatable bonds is 7. The number of ether oxygens (including phenoxy) is 1. The Balaban J connectivity index is 1.97. The van der Waals surface area contributed by atoms with Crippen molar-refractivity contribution in [1.29, 1.82) is 0 Å². The lowest BCUT2D eigenvalue weighted by atomic mass is 10.2. The average Bonchev–Trinajstić information content (AvgIpc) is 2.58. The van der Waals surface area contributed by atoms with E-state index in [2.05, 4.69) is 10.6 Å². The van der Waals surface area contributed by atoms with E-state index in [0.717, 1.165) is 21.8 Å². The lowest BCUT2D eigenvalue weighted by Gasteiger charge is -2.15. The van der Waals surface area contributed by atoms with Gasteiger partial charge in [-0.2, -0.15) is 0 Å². The number of methoxy groups -OCH3 is 1. The van der Waals surface area contributed by atoms with Gasteiger partial charge in [0.2, 0.25) is 11.8 Å². The molecule has 1 unspecified atom stereocenters. The van der Waals surface area contributed by atoms with Gasteiger partial charge in [-0.05, 0) is 37.3 Å². The highest BCUT2D eigenvalue weighted by Crippen LogP contribution is 2.26. The predicted molar refractivity (Wildman–Crippen MR) is 102 cm³/mol. The van der Waals surface area contributed by atoms with Crippen LogP contribution in [-0.4, -0.2) is 24.2 Å². The van der Waals surface area contributed by atoms with Gasteiger partial charge in [0.15, 0.2) is 0 Å². The van der Waals surface area contributed by atoms with E-state index in [1.165, 1.54) is 18.7 Å². The van der Waals surface area contributed by atoms with E-state index in [9.17, 15) is 9.59 Å². The van der Waals surface area contributed by atoms with Crippen molar-refractivity contribution in [2.24, 2.45) is 0 Å². The number of anilines is 2. The van der Waals surface area contributed by atoms with Crippen LogP contribution in [0.5, 0.6) is 0 Å². The number of carbonyl (C=O) groups excluding carboxylic acids is 2. The van der Waals surface area contributed by atoms with Crippen molar-refractivity contribution >= 4 is 35.0 Å². The van der Waals surface area contributed by atoms with Gasteiger partial charge in [0, 0.05) is 35.9 Å². The van der Waals surface area contributed by atoms with Crippen LogP contribution in [-0.2, 0) is 20.9 Å². The number of hydrogen-bond donors (Lipinski definition) is 2. The summed E-state index contributed by atoms with van der Waals surface area (Å²) in [5.74, 6) is -0.178. The van der Waals surface area contributed by atoms with Crippen LogP contribution < -0.4 is 10.6 Å². The molecule has 0 saturated carbocycles. The van der Waals surface area contributed by atoms with Crippen LogP contribution in [0, 0.1) is 0 Å². The molecule has 2 rings (SSSR count). The monoisotopic (exact) mass is 358 g/mol. The smallest absolute Gasteiger partial charge is 0.237 e. The molecule has 0 aliphatic rings. The second-order valence-corrected chi connectivity index (χ2v) is 6.96. The van der Waals surface area contributed by atoms with Crippen molar-refractivity contribution in [3.8, 4) is 0 Å². The molecule has 2 aromatic carbocycles. The van der Waals surface area contributed by atoms with Crippen LogP contribution in [0.15, 0.2) is 53.4 Å². The number of carbonyl (C=O) groups is 2. The Hall–Kier alpha value is -2.31. The summed E-state index contributed by atoms with van der Waals surface area (Å²) in [7, 11) is 1.63. The second kappa shape index (κ2) is 9.25. The fourth-order valence-electron chi connectivity index (χ4n) is 2.24. The van der Waals surface area contributed by atoms with E-state index in [4.69, 9.17) is 4.74 Å². The summed E-state index contributed by atoms with van der Waals surface area (Å²) in [6.07, 6.45) is 0. The van der Waals surface area contributed by atoms with E-state index in [1.807, 2.05) is 55.5 Å². The first-order valence-corrected chi connectivity index (χ1v) is 8.79. The Morgan fingerprint density at radius 3 is 2.40 bits per heavy atom. The number of hydrogen-bond acceptors (Lipinski definition) is 4. The van der Waals surface area contributed by atoms with Crippen molar-refractivity contribution in [1.82, 2.24) is 0 Å².